The predicted octanol–water partition coefficient (Wildman–Crippen LogP) is 1.63. The molecule has 154 valence electrons. The van der Waals surface area contributed by atoms with Gasteiger partial charge >= 0.3 is 5.97 Å². The number of thiazole rings is 1. The van der Waals surface area contributed by atoms with Gasteiger partial charge in [-0.25, -0.2) is 8.42 Å². The van der Waals surface area contributed by atoms with Crippen LogP contribution in [0, 0.1) is 0 Å². The topological polar surface area (TPSA) is 113 Å². The molecule has 9 nitrogen and oxygen atoms in total. The standard InChI is InChI=1S/C18H20N4O5S2/c1-4-22-14(8-9-19-22)17(24)20-18-21(11-16(23)27-5-2)13-7-6-12(29(3,25)26)10-15(13)28-18/h6-10H,4-5,11H2,1-3H3. The van der Waals surface area contributed by atoms with Crippen molar-refractivity contribution in [2.75, 3.05) is 12.9 Å². The fourth-order valence-corrected chi connectivity index (χ4v) is 4.56. The lowest BCUT2D eigenvalue weighted by atomic mass is 10.3. The number of aryl methyl sites for hydroxylation is 1. The molecular formula is C18H20N4O5S2. The molecule has 0 radical (unpaired) electrons. The third-order valence-corrected chi connectivity index (χ3v) is 6.26. The van der Waals surface area contributed by atoms with Crippen molar-refractivity contribution in [1.82, 2.24) is 14.3 Å². The van der Waals surface area contributed by atoms with Gasteiger partial charge in [0.05, 0.1) is 21.7 Å². The van der Waals surface area contributed by atoms with Crippen molar-refractivity contribution in [3.8, 4) is 0 Å². The molecule has 1 aromatic carbocycles. The van der Waals surface area contributed by atoms with E-state index in [-0.39, 0.29) is 22.8 Å². The first kappa shape index (κ1) is 20.9. The maximum absolute atomic E-state index is 12.7. The lowest BCUT2D eigenvalue weighted by molar-refractivity contribution is -0.143. The number of rotatable bonds is 6. The highest BCUT2D eigenvalue weighted by Crippen LogP contribution is 2.22. The molecule has 0 saturated carbocycles. The van der Waals surface area contributed by atoms with Crippen molar-refractivity contribution in [3.05, 3.63) is 41.0 Å². The zero-order valence-electron chi connectivity index (χ0n) is 16.2. The minimum Gasteiger partial charge on any atom is -0.465 e. The summed E-state index contributed by atoms with van der Waals surface area (Å²) < 4.78 is 32.4. The molecule has 0 saturated heterocycles. The maximum Gasteiger partial charge on any atom is 0.326 e. The smallest absolute Gasteiger partial charge is 0.326 e. The van der Waals surface area contributed by atoms with Gasteiger partial charge in [-0.3, -0.25) is 14.3 Å². The summed E-state index contributed by atoms with van der Waals surface area (Å²) >= 11 is 1.13. The van der Waals surface area contributed by atoms with Crippen LogP contribution >= 0.6 is 11.3 Å². The minimum atomic E-state index is -3.40. The van der Waals surface area contributed by atoms with E-state index in [0.29, 0.717) is 22.5 Å². The SMILES string of the molecule is CCOC(=O)Cn1c(=NC(=O)c2ccnn2CC)sc2cc(S(C)(=O)=O)ccc21. The molecule has 1 amide bonds. The molecule has 0 spiro atoms. The Bertz CT molecular complexity index is 1250. The fraction of sp³-hybridized carbons (Fsp3) is 0.333. The van der Waals surface area contributed by atoms with Crippen LogP contribution in [0.25, 0.3) is 10.2 Å². The number of ether oxygens (including phenoxy) is 1. The van der Waals surface area contributed by atoms with Crippen LogP contribution in [0.5, 0.6) is 0 Å². The third kappa shape index (κ3) is 4.46. The molecule has 0 N–H and O–H groups in total. The van der Waals surface area contributed by atoms with Gasteiger partial charge in [0.25, 0.3) is 5.91 Å². The average Bonchev–Trinajstić information content (AvgIpc) is 3.26. The summed E-state index contributed by atoms with van der Waals surface area (Å²) in [7, 11) is -3.40. The van der Waals surface area contributed by atoms with Gasteiger partial charge in [0.1, 0.15) is 12.2 Å². The van der Waals surface area contributed by atoms with E-state index in [1.807, 2.05) is 6.92 Å². The first-order valence-electron chi connectivity index (χ1n) is 8.84. The number of carbonyl (C=O) groups excluding carboxylic acids is 2. The Labute approximate surface area is 171 Å². The summed E-state index contributed by atoms with van der Waals surface area (Å²) in [5.74, 6) is -0.983. The molecule has 3 rings (SSSR count). The molecule has 0 unspecified atom stereocenters. The van der Waals surface area contributed by atoms with Gasteiger partial charge in [-0.15, -0.1) is 0 Å². The second kappa shape index (κ2) is 8.29. The highest BCUT2D eigenvalue weighted by atomic mass is 32.2. The van der Waals surface area contributed by atoms with Gasteiger partial charge in [0.2, 0.25) is 0 Å². The van der Waals surface area contributed by atoms with Crippen LogP contribution in [-0.2, 0) is 32.5 Å². The largest absolute Gasteiger partial charge is 0.465 e. The Morgan fingerprint density at radius 1 is 1.24 bits per heavy atom. The lowest BCUT2D eigenvalue weighted by Gasteiger charge is -2.06. The van der Waals surface area contributed by atoms with Crippen LogP contribution in [0.4, 0.5) is 0 Å². The minimum absolute atomic E-state index is 0.148. The first-order valence-corrected chi connectivity index (χ1v) is 11.5. The second-order valence-corrected chi connectivity index (χ2v) is 9.15. The molecule has 0 aliphatic heterocycles. The van der Waals surface area contributed by atoms with Gasteiger partial charge in [0.15, 0.2) is 14.6 Å². The summed E-state index contributed by atoms with van der Waals surface area (Å²) in [4.78, 5) is 29.3. The average molecular weight is 437 g/mol. The van der Waals surface area contributed by atoms with E-state index in [0.717, 1.165) is 17.6 Å². The zero-order valence-corrected chi connectivity index (χ0v) is 17.8. The summed E-state index contributed by atoms with van der Waals surface area (Å²) in [5.41, 5.74) is 0.912. The molecule has 0 atom stereocenters. The van der Waals surface area contributed by atoms with Gasteiger partial charge in [-0.1, -0.05) is 11.3 Å². The van der Waals surface area contributed by atoms with Gasteiger partial charge < -0.3 is 9.30 Å². The Morgan fingerprint density at radius 3 is 2.66 bits per heavy atom. The van der Waals surface area contributed by atoms with Crippen LogP contribution in [0.2, 0.25) is 0 Å². The summed E-state index contributed by atoms with van der Waals surface area (Å²) in [6.45, 7) is 4.15. The van der Waals surface area contributed by atoms with E-state index in [1.165, 1.54) is 23.0 Å². The van der Waals surface area contributed by atoms with Crippen molar-refractivity contribution < 1.29 is 22.7 Å². The molecule has 0 bridgehead atoms. The number of aromatic nitrogens is 3. The molecule has 11 heteroatoms. The van der Waals surface area contributed by atoms with E-state index in [2.05, 4.69) is 10.1 Å². The molecular weight excluding hydrogens is 416 g/mol. The van der Waals surface area contributed by atoms with Crippen molar-refractivity contribution in [1.29, 1.82) is 0 Å². The van der Waals surface area contributed by atoms with Crippen molar-refractivity contribution in [3.63, 3.8) is 0 Å². The zero-order chi connectivity index (χ0) is 21.2. The molecule has 0 fully saturated rings. The molecule has 3 aromatic rings. The van der Waals surface area contributed by atoms with Crippen LogP contribution in [-0.4, -0.2) is 47.5 Å². The maximum atomic E-state index is 12.7. The number of sulfone groups is 1. The normalized spacial score (nSPS) is 12.4. The van der Waals surface area contributed by atoms with Crippen LogP contribution < -0.4 is 4.80 Å². The van der Waals surface area contributed by atoms with Crippen molar-refractivity contribution >= 4 is 43.3 Å². The summed E-state index contributed by atoms with van der Waals surface area (Å²) in [5, 5.41) is 4.07. The van der Waals surface area contributed by atoms with E-state index < -0.39 is 21.7 Å². The van der Waals surface area contributed by atoms with Gasteiger partial charge in [0, 0.05) is 19.0 Å². The number of carbonyl (C=O) groups is 2. The quantitative estimate of drug-likeness (QED) is 0.543. The number of nitrogens with zero attached hydrogens (tertiary/aromatic N) is 4. The first-order chi connectivity index (χ1) is 13.7. The number of esters is 1. The molecule has 0 aliphatic rings. The van der Waals surface area contributed by atoms with Crippen LogP contribution in [0.1, 0.15) is 24.3 Å². The second-order valence-electron chi connectivity index (χ2n) is 6.13. The van der Waals surface area contributed by atoms with E-state index >= 15 is 0 Å². The van der Waals surface area contributed by atoms with E-state index in [9.17, 15) is 18.0 Å². The Hall–Kier alpha value is -2.79. The number of hydrogen-bond donors (Lipinski definition) is 0. The Kier molecular flexibility index (Phi) is 5.99. The van der Waals surface area contributed by atoms with Gasteiger partial charge in [-0.05, 0) is 38.1 Å². The van der Waals surface area contributed by atoms with Crippen molar-refractivity contribution in [2.24, 2.45) is 4.99 Å². The lowest BCUT2D eigenvalue weighted by Crippen LogP contribution is -2.23. The molecule has 2 aromatic heterocycles. The monoisotopic (exact) mass is 436 g/mol. The highest BCUT2D eigenvalue weighted by Gasteiger charge is 2.16. The Morgan fingerprint density at radius 2 is 2.00 bits per heavy atom. The summed E-state index contributed by atoms with van der Waals surface area (Å²) in [6.07, 6.45) is 2.64. The van der Waals surface area contributed by atoms with E-state index in [1.54, 1.807) is 23.6 Å². The number of fused-ring (bicyclic) bond motifs is 1. The van der Waals surface area contributed by atoms with Gasteiger partial charge in [-0.2, -0.15) is 10.1 Å². The van der Waals surface area contributed by atoms with E-state index in [4.69, 9.17) is 4.74 Å². The highest BCUT2D eigenvalue weighted by molar-refractivity contribution is 7.90. The third-order valence-electron chi connectivity index (χ3n) is 4.11. The number of amides is 1. The van der Waals surface area contributed by atoms with Crippen LogP contribution in [0.15, 0.2) is 40.4 Å². The number of hydrogen-bond acceptors (Lipinski definition) is 7. The molecule has 2 heterocycles. The summed E-state index contributed by atoms with van der Waals surface area (Å²) in [6, 6.07) is 6.14. The van der Waals surface area contributed by atoms with Crippen LogP contribution in [0.3, 0.4) is 0 Å². The number of benzene rings is 1. The van der Waals surface area contributed by atoms with Crippen molar-refractivity contribution in [2.45, 2.75) is 31.8 Å². The predicted molar refractivity (Wildman–Crippen MR) is 107 cm³/mol. The molecule has 0 aliphatic carbocycles. The Balaban J connectivity index is 2.17. The molecule has 29 heavy (non-hydrogen) atoms. The fourth-order valence-electron chi connectivity index (χ4n) is 2.77.